The van der Waals surface area contributed by atoms with E-state index in [2.05, 4.69) is 24.5 Å². The van der Waals surface area contributed by atoms with E-state index in [0.717, 1.165) is 35.7 Å². The Morgan fingerprint density at radius 1 is 1.43 bits per heavy atom. The number of rotatable bonds is 7. The average Bonchev–Trinajstić information content (AvgIpc) is 3.19. The largest absolute Gasteiger partial charge is 0.365 e. The number of amides is 1. The first-order chi connectivity index (χ1) is 9.95. The molecule has 2 N–H and O–H groups in total. The van der Waals surface area contributed by atoms with Gasteiger partial charge >= 0.3 is 0 Å². The highest BCUT2D eigenvalue weighted by Crippen LogP contribution is 2.24. The minimum absolute atomic E-state index is 0.0812. The second kappa shape index (κ2) is 7.14. The Morgan fingerprint density at radius 3 is 2.76 bits per heavy atom. The van der Waals surface area contributed by atoms with E-state index in [9.17, 15) is 4.79 Å². The molecule has 21 heavy (non-hydrogen) atoms. The van der Waals surface area contributed by atoms with Gasteiger partial charge in [-0.05, 0) is 36.6 Å². The first-order valence-electron chi connectivity index (χ1n) is 7.48. The summed E-state index contributed by atoms with van der Waals surface area (Å²) >= 11 is 6.09. The maximum Gasteiger partial charge on any atom is 0.239 e. The molecule has 4 nitrogen and oxygen atoms in total. The second-order valence-electron chi connectivity index (χ2n) is 6.01. The van der Waals surface area contributed by atoms with E-state index in [1.807, 2.05) is 30.1 Å². The molecule has 1 aromatic carbocycles. The fourth-order valence-corrected chi connectivity index (χ4v) is 2.38. The molecule has 116 valence electrons. The minimum Gasteiger partial charge on any atom is -0.365 e. The number of carbonyl (C=O) groups excluding carboxylic acids is 1. The average molecular weight is 310 g/mol. The van der Waals surface area contributed by atoms with Gasteiger partial charge in [0.2, 0.25) is 5.91 Å². The summed E-state index contributed by atoms with van der Waals surface area (Å²) in [5.74, 6) is 0.0812. The summed E-state index contributed by atoms with van der Waals surface area (Å²) in [5.41, 5.74) is 2.15. The molecule has 0 aliphatic heterocycles. The van der Waals surface area contributed by atoms with E-state index in [1.165, 1.54) is 0 Å². The third-order valence-electron chi connectivity index (χ3n) is 3.48. The third-order valence-corrected chi connectivity index (χ3v) is 3.71. The van der Waals surface area contributed by atoms with E-state index in [1.54, 1.807) is 0 Å². The van der Waals surface area contributed by atoms with Crippen LogP contribution in [-0.2, 0) is 11.3 Å². The first kappa shape index (κ1) is 16.1. The van der Waals surface area contributed by atoms with Gasteiger partial charge in [0.1, 0.15) is 0 Å². The zero-order chi connectivity index (χ0) is 15.4. The smallest absolute Gasteiger partial charge is 0.239 e. The predicted octanol–water partition coefficient (Wildman–Crippen LogP) is 2.55. The summed E-state index contributed by atoms with van der Waals surface area (Å²) in [6.45, 7) is 5.32. The molecule has 1 saturated carbocycles. The SMILES string of the molecule is CC(C)NCc1cc(Cl)ccc1N(C)CC(=O)NC1CC1. The highest BCUT2D eigenvalue weighted by Gasteiger charge is 2.23. The number of anilines is 1. The highest BCUT2D eigenvalue weighted by molar-refractivity contribution is 6.30. The van der Waals surface area contributed by atoms with Crippen LogP contribution in [0, 0.1) is 0 Å². The number of hydrogen-bond acceptors (Lipinski definition) is 3. The summed E-state index contributed by atoms with van der Waals surface area (Å²) in [6.07, 6.45) is 2.22. The van der Waals surface area contributed by atoms with Gasteiger partial charge in [-0.2, -0.15) is 0 Å². The van der Waals surface area contributed by atoms with Crippen molar-refractivity contribution in [2.45, 2.75) is 45.3 Å². The second-order valence-corrected chi connectivity index (χ2v) is 6.44. The molecule has 2 rings (SSSR count). The normalized spacial score (nSPS) is 14.3. The standard InChI is InChI=1S/C16H24ClN3O/c1-11(2)18-9-12-8-13(17)4-7-15(12)20(3)10-16(21)19-14-5-6-14/h4,7-8,11,14,18H,5-6,9-10H2,1-3H3,(H,19,21). The van der Waals surface area contributed by atoms with Crippen LogP contribution in [0.5, 0.6) is 0 Å². The van der Waals surface area contributed by atoms with Gasteiger partial charge in [-0.25, -0.2) is 0 Å². The topological polar surface area (TPSA) is 44.4 Å². The van der Waals surface area contributed by atoms with E-state index in [0.29, 0.717) is 18.6 Å². The number of nitrogens with one attached hydrogen (secondary N) is 2. The minimum atomic E-state index is 0.0812. The van der Waals surface area contributed by atoms with Gasteiger partial charge in [-0.15, -0.1) is 0 Å². The molecular weight excluding hydrogens is 286 g/mol. The lowest BCUT2D eigenvalue weighted by Gasteiger charge is -2.23. The Hall–Kier alpha value is -1.26. The number of carbonyl (C=O) groups is 1. The van der Waals surface area contributed by atoms with Gasteiger partial charge in [-0.1, -0.05) is 25.4 Å². The van der Waals surface area contributed by atoms with Crippen molar-refractivity contribution < 1.29 is 4.79 Å². The summed E-state index contributed by atoms with van der Waals surface area (Å²) in [6, 6.07) is 6.61. The van der Waals surface area contributed by atoms with Crippen molar-refractivity contribution in [2.24, 2.45) is 0 Å². The molecule has 1 aliphatic rings. The number of nitrogens with zero attached hydrogens (tertiary/aromatic N) is 1. The van der Waals surface area contributed by atoms with Crippen LogP contribution in [-0.4, -0.2) is 31.6 Å². The van der Waals surface area contributed by atoms with Crippen LogP contribution in [0.25, 0.3) is 0 Å². The van der Waals surface area contributed by atoms with Crippen LogP contribution in [0.2, 0.25) is 5.02 Å². The predicted molar refractivity (Wildman–Crippen MR) is 87.9 cm³/mol. The van der Waals surface area contributed by atoms with E-state index < -0.39 is 0 Å². The van der Waals surface area contributed by atoms with Crippen molar-refractivity contribution in [2.75, 3.05) is 18.5 Å². The Morgan fingerprint density at radius 2 is 2.14 bits per heavy atom. The number of hydrogen-bond donors (Lipinski definition) is 2. The van der Waals surface area contributed by atoms with Crippen LogP contribution >= 0.6 is 11.6 Å². The summed E-state index contributed by atoms with van der Waals surface area (Å²) in [4.78, 5) is 13.9. The van der Waals surface area contributed by atoms with E-state index >= 15 is 0 Å². The zero-order valence-electron chi connectivity index (χ0n) is 12.9. The van der Waals surface area contributed by atoms with Gasteiger partial charge in [0.15, 0.2) is 0 Å². The van der Waals surface area contributed by atoms with Crippen LogP contribution in [0.15, 0.2) is 18.2 Å². The third kappa shape index (κ3) is 5.21. The molecule has 0 spiro atoms. The van der Waals surface area contributed by atoms with Crippen molar-refractivity contribution in [3.05, 3.63) is 28.8 Å². The molecule has 0 aromatic heterocycles. The highest BCUT2D eigenvalue weighted by atomic mass is 35.5. The molecule has 0 bridgehead atoms. The fraction of sp³-hybridized carbons (Fsp3) is 0.562. The lowest BCUT2D eigenvalue weighted by atomic mass is 10.1. The fourth-order valence-electron chi connectivity index (χ4n) is 2.18. The quantitative estimate of drug-likeness (QED) is 0.813. The molecule has 5 heteroatoms. The Kier molecular flexibility index (Phi) is 5.48. The van der Waals surface area contributed by atoms with E-state index in [4.69, 9.17) is 11.6 Å². The van der Waals surface area contributed by atoms with Crippen molar-refractivity contribution >= 4 is 23.2 Å². The molecule has 0 atom stereocenters. The van der Waals surface area contributed by atoms with Crippen LogP contribution in [0.3, 0.4) is 0 Å². The number of likely N-dealkylation sites (N-methyl/N-ethyl adjacent to an activating group) is 1. The van der Waals surface area contributed by atoms with Crippen LogP contribution in [0.4, 0.5) is 5.69 Å². The Balaban J connectivity index is 2.03. The van der Waals surface area contributed by atoms with E-state index in [-0.39, 0.29) is 5.91 Å². The van der Waals surface area contributed by atoms with Crippen molar-refractivity contribution in [1.82, 2.24) is 10.6 Å². The molecule has 1 aromatic rings. The van der Waals surface area contributed by atoms with Crippen molar-refractivity contribution in [1.29, 1.82) is 0 Å². The van der Waals surface area contributed by atoms with Crippen LogP contribution < -0.4 is 15.5 Å². The molecule has 0 unspecified atom stereocenters. The van der Waals surface area contributed by atoms with Crippen molar-refractivity contribution in [3.63, 3.8) is 0 Å². The Labute approximate surface area is 131 Å². The van der Waals surface area contributed by atoms with Gasteiger partial charge in [0.25, 0.3) is 0 Å². The van der Waals surface area contributed by atoms with Gasteiger partial charge in [0.05, 0.1) is 6.54 Å². The Bertz CT molecular complexity index is 500. The van der Waals surface area contributed by atoms with Gasteiger partial charge < -0.3 is 15.5 Å². The van der Waals surface area contributed by atoms with Gasteiger partial charge in [0, 0.05) is 36.4 Å². The van der Waals surface area contributed by atoms with Crippen LogP contribution in [0.1, 0.15) is 32.3 Å². The summed E-state index contributed by atoms with van der Waals surface area (Å²) in [5, 5.41) is 7.12. The summed E-state index contributed by atoms with van der Waals surface area (Å²) in [7, 11) is 1.94. The van der Waals surface area contributed by atoms with Gasteiger partial charge in [-0.3, -0.25) is 4.79 Å². The molecule has 1 aliphatic carbocycles. The lowest BCUT2D eigenvalue weighted by molar-refractivity contribution is -0.119. The number of benzene rings is 1. The first-order valence-corrected chi connectivity index (χ1v) is 7.86. The monoisotopic (exact) mass is 309 g/mol. The maximum atomic E-state index is 11.9. The summed E-state index contributed by atoms with van der Waals surface area (Å²) < 4.78 is 0. The molecule has 0 saturated heterocycles. The molecule has 0 heterocycles. The lowest BCUT2D eigenvalue weighted by Crippen LogP contribution is -2.36. The van der Waals surface area contributed by atoms with Crippen molar-refractivity contribution in [3.8, 4) is 0 Å². The molecule has 1 amide bonds. The molecule has 1 fully saturated rings. The molecular formula is C16H24ClN3O. The zero-order valence-corrected chi connectivity index (χ0v) is 13.7. The maximum absolute atomic E-state index is 11.9. The molecule has 0 radical (unpaired) electrons. The number of halogens is 1.